The van der Waals surface area contributed by atoms with Crippen molar-refractivity contribution in [3.8, 4) is 44.5 Å². The topological polar surface area (TPSA) is 0 Å². The van der Waals surface area contributed by atoms with Crippen LogP contribution in [-0.2, 0) is 0 Å². The van der Waals surface area contributed by atoms with E-state index in [1.54, 1.807) is 0 Å². The molecule has 0 atom stereocenters. The van der Waals surface area contributed by atoms with Crippen LogP contribution < -0.4 is 0 Å². The quantitative estimate of drug-likeness (QED) is 0.126. The summed E-state index contributed by atoms with van der Waals surface area (Å²) in [6.07, 6.45) is 0. The van der Waals surface area contributed by atoms with Crippen molar-refractivity contribution >= 4 is 64.6 Å². The predicted octanol–water partition coefficient (Wildman–Crippen LogP) is 15.9. The van der Waals surface area contributed by atoms with E-state index in [9.17, 15) is 0 Å². The van der Waals surface area contributed by atoms with Crippen LogP contribution in [0.25, 0.3) is 109 Å². The van der Waals surface area contributed by atoms with E-state index in [0.717, 1.165) is 0 Å². The Morgan fingerprint density at radius 2 is 0.446 bits per heavy atom. The first-order chi connectivity index (χ1) is 27.6. The van der Waals surface area contributed by atoms with Crippen molar-refractivity contribution < 1.29 is 0 Å². The molecule has 0 heteroatoms. The second kappa shape index (κ2) is 12.8. The number of aryl methyl sites for hydroxylation is 2. The van der Waals surface area contributed by atoms with Gasteiger partial charge in [0.2, 0.25) is 0 Å². The van der Waals surface area contributed by atoms with E-state index in [1.165, 1.54) is 120 Å². The molecule has 11 rings (SSSR count). The lowest BCUT2D eigenvalue weighted by Crippen LogP contribution is -1.92. The molecule has 0 aliphatic carbocycles. The highest BCUT2D eigenvalue weighted by Crippen LogP contribution is 2.47. The third kappa shape index (κ3) is 5.07. The van der Waals surface area contributed by atoms with Crippen LogP contribution >= 0.6 is 0 Å². The molecule has 0 aromatic heterocycles. The van der Waals surface area contributed by atoms with Crippen LogP contribution in [0.1, 0.15) is 11.1 Å². The van der Waals surface area contributed by atoms with Crippen LogP contribution in [0, 0.1) is 13.8 Å². The monoisotopic (exact) mass is 710 g/mol. The van der Waals surface area contributed by atoms with Gasteiger partial charge in [0.1, 0.15) is 0 Å². The van der Waals surface area contributed by atoms with Crippen LogP contribution in [0.3, 0.4) is 0 Å². The largest absolute Gasteiger partial charge is 0.0616 e. The summed E-state index contributed by atoms with van der Waals surface area (Å²) in [7, 11) is 0. The number of fused-ring (bicyclic) bond motifs is 7. The molecule has 11 aromatic carbocycles. The summed E-state index contributed by atoms with van der Waals surface area (Å²) >= 11 is 0. The van der Waals surface area contributed by atoms with E-state index in [0.29, 0.717) is 0 Å². The van der Waals surface area contributed by atoms with Crippen molar-refractivity contribution in [2.24, 2.45) is 0 Å². The Balaban J connectivity index is 1.17. The van der Waals surface area contributed by atoms with E-state index in [2.05, 4.69) is 208 Å². The van der Waals surface area contributed by atoms with Crippen LogP contribution in [0.5, 0.6) is 0 Å². The standard InChI is InChI=1S/C56H38/c1-35-19-23-39(24-20-35)53-43-11-3-7-15-47(43)55(48-16-8-4-12-44(48)53)41-31-29-37-27-28-38-30-32-42(34-52(38)51(37)33-41)56-49-17-9-5-13-45(49)54(40-25-21-36(2)22-26-40)46-14-6-10-18-50(46)56/h3-34H,1-2H3. The summed E-state index contributed by atoms with van der Waals surface area (Å²) in [6.45, 7) is 4.31. The van der Waals surface area contributed by atoms with Crippen LogP contribution in [0.15, 0.2) is 194 Å². The van der Waals surface area contributed by atoms with E-state index < -0.39 is 0 Å². The van der Waals surface area contributed by atoms with Gasteiger partial charge < -0.3 is 0 Å². The highest BCUT2D eigenvalue weighted by atomic mass is 14.2. The van der Waals surface area contributed by atoms with Crippen LogP contribution in [0.2, 0.25) is 0 Å². The van der Waals surface area contributed by atoms with E-state index in [-0.39, 0.29) is 0 Å². The first-order valence-electron chi connectivity index (χ1n) is 19.6. The second-order valence-electron chi connectivity index (χ2n) is 15.4. The van der Waals surface area contributed by atoms with Gasteiger partial charge in [0.15, 0.2) is 0 Å². The SMILES string of the molecule is Cc1ccc(-c2c3ccccc3c(-c3ccc4ccc5ccc(-c6c7ccccc7c(-c7ccc(C)cc7)c7ccccc67)cc5c4c3)c3ccccc23)cc1. The first-order valence-corrected chi connectivity index (χ1v) is 19.6. The van der Waals surface area contributed by atoms with Crippen molar-refractivity contribution in [1.82, 2.24) is 0 Å². The maximum atomic E-state index is 2.44. The Labute approximate surface area is 326 Å². The lowest BCUT2D eigenvalue weighted by atomic mass is 9.84. The Kier molecular flexibility index (Phi) is 7.41. The van der Waals surface area contributed by atoms with E-state index in [4.69, 9.17) is 0 Å². The van der Waals surface area contributed by atoms with Crippen molar-refractivity contribution in [2.45, 2.75) is 13.8 Å². The van der Waals surface area contributed by atoms with Gasteiger partial charge in [-0.15, -0.1) is 0 Å². The van der Waals surface area contributed by atoms with Gasteiger partial charge in [-0.1, -0.05) is 193 Å². The van der Waals surface area contributed by atoms with Gasteiger partial charge in [-0.25, -0.2) is 0 Å². The molecule has 0 radical (unpaired) electrons. The minimum atomic E-state index is 1.23. The third-order valence-electron chi connectivity index (χ3n) is 12.0. The Bertz CT molecular complexity index is 3010. The van der Waals surface area contributed by atoms with E-state index in [1.807, 2.05) is 0 Å². The number of hydrogen-bond donors (Lipinski definition) is 0. The van der Waals surface area contributed by atoms with Gasteiger partial charge in [0.25, 0.3) is 0 Å². The normalized spacial score (nSPS) is 11.8. The number of hydrogen-bond acceptors (Lipinski definition) is 0. The summed E-state index contributed by atoms with van der Waals surface area (Å²) in [5.74, 6) is 0. The molecule has 0 saturated heterocycles. The predicted molar refractivity (Wildman–Crippen MR) is 243 cm³/mol. The lowest BCUT2D eigenvalue weighted by Gasteiger charge is -2.19. The summed E-state index contributed by atoms with van der Waals surface area (Å²) in [6, 6.07) is 72.5. The second-order valence-corrected chi connectivity index (χ2v) is 15.4. The molecule has 0 nitrogen and oxygen atoms in total. The van der Waals surface area contributed by atoms with Crippen molar-refractivity contribution in [1.29, 1.82) is 0 Å². The molecule has 262 valence electrons. The molecular formula is C56H38. The zero-order valence-corrected chi connectivity index (χ0v) is 31.5. The molecule has 56 heavy (non-hydrogen) atoms. The molecular weight excluding hydrogens is 673 g/mol. The Morgan fingerprint density at radius 1 is 0.214 bits per heavy atom. The molecule has 0 spiro atoms. The highest BCUT2D eigenvalue weighted by molar-refractivity contribution is 6.24. The first kappa shape index (κ1) is 32.4. The zero-order valence-electron chi connectivity index (χ0n) is 31.5. The maximum Gasteiger partial charge on any atom is -0.00261 e. The van der Waals surface area contributed by atoms with Gasteiger partial charge in [0, 0.05) is 0 Å². The molecule has 0 aliphatic heterocycles. The molecule has 0 bridgehead atoms. The van der Waals surface area contributed by atoms with Gasteiger partial charge >= 0.3 is 0 Å². The van der Waals surface area contributed by atoms with E-state index >= 15 is 0 Å². The maximum absolute atomic E-state index is 2.44. The van der Waals surface area contributed by atoms with Crippen molar-refractivity contribution in [3.05, 3.63) is 205 Å². The molecule has 0 fully saturated rings. The highest BCUT2D eigenvalue weighted by Gasteiger charge is 2.19. The fourth-order valence-corrected chi connectivity index (χ4v) is 9.30. The van der Waals surface area contributed by atoms with Crippen LogP contribution in [0.4, 0.5) is 0 Å². The molecule has 0 N–H and O–H groups in total. The summed E-state index contributed by atoms with van der Waals surface area (Å²) in [5, 5.41) is 15.2. The fourth-order valence-electron chi connectivity index (χ4n) is 9.30. The van der Waals surface area contributed by atoms with Crippen molar-refractivity contribution in [2.75, 3.05) is 0 Å². The average Bonchev–Trinajstić information content (AvgIpc) is 3.25. The van der Waals surface area contributed by atoms with Gasteiger partial charge in [-0.2, -0.15) is 0 Å². The summed E-state index contributed by atoms with van der Waals surface area (Å²) in [5.41, 5.74) is 12.7. The smallest absolute Gasteiger partial charge is 0.00261 e. The molecule has 11 aromatic rings. The van der Waals surface area contributed by atoms with Gasteiger partial charge in [-0.05, 0) is 135 Å². The van der Waals surface area contributed by atoms with Gasteiger partial charge in [0.05, 0.1) is 0 Å². The third-order valence-corrected chi connectivity index (χ3v) is 12.0. The number of rotatable bonds is 4. The summed E-state index contributed by atoms with van der Waals surface area (Å²) < 4.78 is 0. The average molecular weight is 711 g/mol. The lowest BCUT2D eigenvalue weighted by molar-refractivity contribution is 1.47. The van der Waals surface area contributed by atoms with Crippen LogP contribution in [-0.4, -0.2) is 0 Å². The van der Waals surface area contributed by atoms with Gasteiger partial charge in [-0.3, -0.25) is 0 Å². The molecule has 0 saturated carbocycles. The number of benzene rings is 11. The minimum absolute atomic E-state index is 1.23. The Morgan fingerprint density at radius 3 is 0.732 bits per heavy atom. The molecule has 0 amide bonds. The Hall–Kier alpha value is -7.02. The molecule has 0 aliphatic rings. The molecule has 0 unspecified atom stereocenters. The van der Waals surface area contributed by atoms with Crippen molar-refractivity contribution in [3.63, 3.8) is 0 Å². The molecule has 0 heterocycles. The fraction of sp³-hybridized carbons (Fsp3) is 0.0357. The minimum Gasteiger partial charge on any atom is -0.0616 e. The summed E-state index contributed by atoms with van der Waals surface area (Å²) in [4.78, 5) is 0. The zero-order chi connectivity index (χ0) is 37.3.